The first-order valence-electron chi connectivity index (χ1n) is 8.93. The summed E-state index contributed by atoms with van der Waals surface area (Å²) in [7, 11) is 0. The second kappa shape index (κ2) is 9.09. The number of guanidine groups is 1. The zero-order chi connectivity index (χ0) is 18.4. The predicted molar refractivity (Wildman–Crippen MR) is 108 cm³/mol. The van der Waals surface area contributed by atoms with E-state index in [4.69, 9.17) is 4.42 Å². The Morgan fingerprint density at radius 1 is 1.38 bits per heavy atom. The smallest absolute Gasteiger partial charge is 0.191 e. The quantitative estimate of drug-likeness (QED) is 0.494. The van der Waals surface area contributed by atoms with E-state index in [1.165, 1.54) is 5.69 Å². The number of nitrogens with zero attached hydrogens (tertiary/aromatic N) is 2. The average molecular weight is 421 g/mol. The van der Waals surface area contributed by atoms with Crippen LogP contribution in [-0.4, -0.2) is 43.3 Å². The molecule has 3 N–H and O–H groups in total. The monoisotopic (exact) mass is 420 g/mol. The van der Waals surface area contributed by atoms with E-state index in [9.17, 15) is 5.11 Å². The standard InChI is InChI=1S/C19H25BrN4O2/c1-2-21-19(22-12-17(25)18-8-5-11-26-18)23-14-9-10-24(13-14)16-7-4-3-6-15(16)20/h3-8,11,14,17,25H,2,9-10,12-13H2,1H3,(H2,21,22,23). The summed E-state index contributed by atoms with van der Waals surface area (Å²) in [5.74, 6) is 1.25. The Labute approximate surface area is 162 Å². The van der Waals surface area contributed by atoms with Gasteiger partial charge in [-0.1, -0.05) is 12.1 Å². The van der Waals surface area contributed by atoms with Crippen molar-refractivity contribution in [3.8, 4) is 0 Å². The molecule has 1 aromatic heterocycles. The third-order valence-corrected chi connectivity index (χ3v) is 5.03. The van der Waals surface area contributed by atoms with E-state index in [-0.39, 0.29) is 6.54 Å². The van der Waals surface area contributed by atoms with Crippen molar-refractivity contribution in [3.63, 3.8) is 0 Å². The van der Waals surface area contributed by atoms with E-state index in [0.717, 1.165) is 36.5 Å². The molecule has 0 amide bonds. The van der Waals surface area contributed by atoms with Gasteiger partial charge in [0, 0.05) is 30.1 Å². The van der Waals surface area contributed by atoms with Gasteiger partial charge in [0.2, 0.25) is 0 Å². The van der Waals surface area contributed by atoms with Gasteiger partial charge in [-0.3, -0.25) is 4.99 Å². The lowest BCUT2D eigenvalue weighted by Gasteiger charge is -2.21. The molecule has 0 spiro atoms. The van der Waals surface area contributed by atoms with Crippen LogP contribution in [0.5, 0.6) is 0 Å². The van der Waals surface area contributed by atoms with Gasteiger partial charge < -0.3 is 25.1 Å². The van der Waals surface area contributed by atoms with Gasteiger partial charge in [-0.2, -0.15) is 0 Å². The molecule has 26 heavy (non-hydrogen) atoms. The van der Waals surface area contributed by atoms with Crippen molar-refractivity contribution in [1.29, 1.82) is 0 Å². The zero-order valence-electron chi connectivity index (χ0n) is 14.9. The molecule has 1 aromatic carbocycles. The van der Waals surface area contributed by atoms with Crippen molar-refractivity contribution in [3.05, 3.63) is 52.9 Å². The predicted octanol–water partition coefficient (Wildman–Crippen LogP) is 2.91. The highest BCUT2D eigenvalue weighted by Crippen LogP contribution is 2.28. The summed E-state index contributed by atoms with van der Waals surface area (Å²) in [6, 6.07) is 12.1. The van der Waals surface area contributed by atoms with Crippen LogP contribution in [0.15, 0.2) is 56.5 Å². The summed E-state index contributed by atoms with van der Waals surface area (Å²) in [5.41, 5.74) is 1.21. The van der Waals surface area contributed by atoms with E-state index in [2.05, 4.69) is 54.7 Å². The van der Waals surface area contributed by atoms with Crippen LogP contribution < -0.4 is 15.5 Å². The van der Waals surface area contributed by atoms with Crippen LogP contribution in [0.4, 0.5) is 5.69 Å². The minimum absolute atomic E-state index is 0.253. The molecule has 0 aliphatic carbocycles. The lowest BCUT2D eigenvalue weighted by atomic mass is 10.2. The van der Waals surface area contributed by atoms with Gasteiger partial charge in [0.25, 0.3) is 0 Å². The number of benzene rings is 1. The Kier molecular flexibility index (Phi) is 6.57. The van der Waals surface area contributed by atoms with E-state index in [1.807, 2.05) is 13.0 Å². The van der Waals surface area contributed by atoms with E-state index >= 15 is 0 Å². The molecule has 1 aliphatic heterocycles. The van der Waals surface area contributed by atoms with E-state index < -0.39 is 6.10 Å². The van der Waals surface area contributed by atoms with Crippen LogP contribution >= 0.6 is 15.9 Å². The Morgan fingerprint density at radius 3 is 2.96 bits per heavy atom. The zero-order valence-corrected chi connectivity index (χ0v) is 16.4. The third kappa shape index (κ3) is 4.80. The molecule has 2 atom stereocenters. The summed E-state index contributed by atoms with van der Waals surface area (Å²) < 4.78 is 6.34. The van der Waals surface area contributed by atoms with E-state index in [0.29, 0.717) is 11.8 Å². The second-order valence-corrected chi connectivity index (χ2v) is 7.13. The molecule has 1 saturated heterocycles. The Hall–Kier alpha value is -1.99. The maximum absolute atomic E-state index is 10.1. The molecule has 2 unspecified atom stereocenters. The molecule has 2 heterocycles. The summed E-state index contributed by atoms with van der Waals surface area (Å²) in [6.45, 7) is 4.96. The maximum Gasteiger partial charge on any atom is 0.191 e. The number of hydrogen-bond acceptors (Lipinski definition) is 4. The molecule has 1 fully saturated rings. The first kappa shape index (κ1) is 18.8. The van der Waals surface area contributed by atoms with Gasteiger partial charge in [-0.15, -0.1) is 0 Å². The topological polar surface area (TPSA) is 73.0 Å². The van der Waals surface area contributed by atoms with Crippen molar-refractivity contribution in [2.45, 2.75) is 25.5 Å². The second-order valence-electron chi connectivity index (χ2n) is 6.28. The number of nitrogens with one attached hydrogen (secondary N) is 2. The number of hydrogen-bond donors (Lipinski definition) is 3. The number of aliphatic hydroxyl groups excluding tert-OH is 1. The fourth-order valence-corrected chi connectivity index (χ4v) is 3.60. The molecular formula is C19H25BrN4O2. The Balaban J connectivity index is 1.58. The molecule has 2 aromatic rings. The number of aliphatic imine (C=N–C) groups is 1. The van der Waals surface area contributed by atoms with Crippen LogP contribution in [0.25, 0.3) is 0 Å². The molecule has 0 saturated carbocycles. The maximum atomic E-state index is 10.1. The number of halogens is 1. The summed E-state index contributed by atoms with van der Waals surface area (Å²) in [4.78, 5) is 6.87. The first-order chi connectivity index (χ1) is 12.7. The largest absolute Gasteiger partial charge is 0.467 e. The van der Waals surface area contributed by atoms with Gasteiger partial charge >= 0.3 is 0 Å². The minimum atomic E-state index is -0.735. The van der Waals surface area contributed by atoms with Gasteiger partial charge in [-0.25, -0.2) is 0 Å². The molecule has 0 radical (unpaired) electrons. The molecular weight excluding hydrogens is 396 g/mol. The summed E-state index contributed by atoms with van der Waals surface area (Å²) in [6.07, 6.45) is 1.85. The van der Waals surface area contributed by atoms with Gasteiger partial charge in [-0.05, 0) is 53.5 Å². The van der Waals surface area contributed by atoms with Crippen LogP contribution in [0, 0.1) is 0 Å². The highest BCUT2D eigenvalue weighted by Gasteiger charge is 2.24. The number of anilines is 1. The van der Waals surface area contributed by atoms with Crippen molar-refractivity contribution in [1.82, 2.24) is 10.6 Å². The normalized spacial score (nSPS) is 18.8. The highest BCUT2D eigenvalue weighted by molar-refractivity contribution is 9.10. The molecule has 6 nitrogen and oxygen atoms in total. The summed E-state index contributed by atoms with van der Waals surface area (Å²) in [5, 5.41) is 16.9. The molecule has 1 aliphatic rings. The first-order valence-corrected chi connectivity index (χ1v) is 9.72. The average Bonchev–Trinajstić information content (AvgIpc) is 3.32. The van der Waals surface area contributed by atoms with Gasteiger partial charge in [0.1, 0.15) is 11.9 Å². The van der Waals surface area contributed by atoms with Gasteiger partial charge in [0.15, 0.2) is 5.96 Å². The van der Waals surface area contributed by atoms with E-state index in [1.54, 1.807) is 18.4 Å². The van der Waals surface area contributed by atoms with Crippen molar-refractivity contribution >= 4 is 27.6 Å². The van der Waals surface area contributed by atoms with Crippen LogP contribution in [0.2, 0.25) is 0 Å². The highest BCUT2D eigenvalue weighted by atomic mass is 79.9. The van der Waals surface area contributed by atoms with Crippen molar-refractivity contribution < 1.29 is 9.52 Å². The third-order valence-electron chi connectivity index (χ3n) is 4.36. The molecule has 140 valence electrons. The lowest BCUT2D eigenvalue weighted by molar-refractivity contribution is 0.158. The van der Waals surface area contributed by atoms with Crippen LogP contribution in [0.1, 0.15) is 25.2 Å². The number of rotatable bonds is 6. The minimum Gasteiger partial charge on any atom is -0.467 e. The van der Waals surface area contributed by atoms with Crippen LogP contribution in [0.3, 0.4) is 0 Å². The number of furan rings is 1. The molecule has 7 heteroatoms. The SMILES string of the molecule is CCNC(=NCC(O)c1ccco1)NC1CCN(c2ccccc2Br)C1. The van der Waals surface area contributed by atoms with Gasteiger partial charge in [0.05, 0.1) is 18.5 Å². The Bertz CT molecular complexity index is 720. The fourth-order valence-electron chi connectivity index (χ4n) is 3.07. The lowest BCUT2D eigenvalue weighted by Crippen LogP contribution is -2.44. The molecule has 0 bridgehead atoms. The van der Waals surface area contributed by atoms with Crippen LogP contribution in [-0.2, 0) is 0 Å². The molecule has 3 rings (SSSR count). The Morgan fingerprint density at radius 2 is 2.23 bits per heavy atom. The number of aliphatic hydroxyl groups is 1. The number of para-hydroxylation sites is 1. The van der Waals surface area contributed by atoms with Crippen molar-refractivity contribution in [2.24, 2.45) is 4.99 Å². The fraction of sp³-hybridized carbons (Fsp3) is 0.421. The van der Waals surface area contributed by atoms with Crippen molar-refractivity contribution in [2.75, 3.05) is 31.1 Å². The summed E-state index contributed by atoms with van der Waals surface area (Å²) >= 11 is 3.63.